The Morgan fingerprint density at radius 3 is 2.33 bits per heavy atom. The largest absolute Gasteiger partial charge is 0.497 e. The van der Waals surface area contributed by atoms with Crippen LogP contribution < -0.4 is 24.8 Å². The zero-order valence-electron chi connectivity index (χ0n) is 20.9. The monoisotopic (exact) mass is 489 g/mol. The predicted molar refractivity (Wildman–Crippen MR) is 138 cm³/mol. The highest BCUT2D eigenvalue weighted by molar-refractivity contribution is 5.97. The van der Waals surface area contributed by atoms with Crippen LogP contribution in [0.3, 0.4) is 0 Å². The molecule has 0 saturated carbocycles. The molecule has 3 aromatic carbocycles. The van der Waals surface area contributed by atoms with Gasteiger partial charge in [0.1, 0.15) is 11.8 Å². The van der Waals surface area contributed by atoms with Gasteiger partial charge in [0, 0.05) is 18.3 Å². The Hall–Kier alpha value is -4.20. The standard InChI is InChI=1S/C28H31N3O5/c1-18(27(32)30-21-11-8-12-22(16-21)34-2)29-28(33)31-14-13-20-15-24(35-3)25(36-4)17-23(20)26(31)19-9-6-5-7-10-19/h5-12,15-18,26H,13-14H2,1-4H3,(H,29,33)(H,30,32)/t18-,26?/m0/s1. The van der Waals surface area contributed by atoms with E-state index in [1.165, 1.54) is 0 Å². The van der Waals surface area contributed by atoms with E-state index in [2.05, 4.69) is 10.6 Å². The third-order valence-electron chi connectivity index (χ3n) is 6.32. The molecule has 0 fully saturated rings. The van der Waals surface area contributed by atoms with Crippen LogP contribution in [0, 0.1) is 0 Å². The average Bonchev–Trinajstić information content (AvgIpc) is 2.91. The van der Waals surface area contributed by atoms with Gasteiger partial charge in [-0.25, -0.2) is 4.79 Å². The maximum Gasteiger partial charge on any atom is 0.318 e. The van der Waals surface area contributed by atoms with Crippen LogP contribution in [0.25, 0.3) is 0 Å². The van der Waals surface area contributed by atoms with Crippen LogP contribution in [0.2, 0.25) is 0 Å². The van der Waals surface area contributed by atoms with Crippen molar-refractivity contribution in [2.75, 3.05) is 33.2 Å². The zero-order chi connectivity index (χ0) is 25.7. The van der Waals surface area contributed by atoms with E-state index in [-0.39, 0.29) is 18.0 Å². The lowest BCUT2D eigenvalue weighted by atomic mass is 9.88. The van der Waals surface area contributed by atoms with Crippen molar-refractivity contribution < 1.29 is 23.8 Å². The van der Waals surface area contributed by atoms with E-state index >= 15 is 0 Å². The molecule has 0 spiro atoms. The Morgan fingerprint density at radius 1 is 0.917 bits per heavy atom. The van der Waals surface area contributed by atoms with Crippen molar-refractivity contribution in [2.45, 2.75) is 25.4 Å². The van der Waals surface area contributed by atoms with E-state index in [9.17, 15) is 9.59 Å². The van der Waals surface area contributed by atoms with Crippen LogP contribution in [0.15, 0.2) is 66.7 Å². The van der Waals surface area contributed by atoms with Crippen molar-refractivity contribution in [1.82, 2.24) is 10.2 Å². The number of methoxy groups -OCH3 is 3. The second-order valence-corrected chi connectivity index (χ2v) is 8.56. The molecule has 2 atom stereocenters. The number of ether oxygens (including phenoxy) is 3. The second-order valence-electron chi connectivity index (χ2n) is 8.56. The minimum atomic E-state index is -0.757. The molecule has 0 bridgehead atoms. The Balaban J connectivity index is 1.57. The van der Waals surface area contributed by atoms with Gasteiger partial charge in [0.15, 0.2) is 11.5 Å². The van der Waals surface area contributed by atoms with Crippen molar-refractivity contribution in [3.63, 3.8) is 0 Å². The normalized spacial score (nSPS) is 15.3. The number of urea groups is 1. The Labute approximate surface area is 211 Å². The lowest BCUT2D eigenvalue weighted by Gasteiger charge is -2.38. The maximum atomic E-state index is 13.5. The van der Waals surface area contributed by atoms with Gasteiger partial charge in [-0.15, -0.1) is 0 Å². The highest BCUT2D eigenvalue weighted by Crippen LogP contribution is 2.41. The number of carbonyl (C=O) groups is 2. The summed E-state index contributed by atoms with van der Waals surface area (Å²) in [6.45, 7) is 2.15. The fraction of sp³-hybridized carbons (Fsp3) is 0.286. The van der Waals surface area contributed by atoms with Crippen LogP contribution in [0.5, 0.6) is 17.2 Å². The van der Waals surface area contributed by atoms with Gasteiger partial charge < -0.3 is 29.7 Å². The molecule has 1 aliphatic rings. The second kappa shape index (κ2) is 11.0. The van der Waals surface area contributed by atoms with Gasteiger partial charge >= 0.3 is 6.03 Å². The predicted octanol–water partition coefficient (Wildman–Crippen LogP) is 4.40. The average molecular weight is 490 g/mol. The van der Waals surface area contributed by atoms with Crippen LogP contribution in [-0.2, 0) is 11.2 Å². The molecule has 0 saturated heterocycles. The summed E-state index contributed by atoms with van der Waals surface area (Å²) < 4.78 is 16.2. The number of amides is 3. The molecule has 8 nitrogen and oxygen atoms in total. The third-order valence-corrected chi connectivity index (χ3v) is 6.32. The first-order valence-corrected chi connectivity index (χ1v) is 11.8. The number of nitrogens with zero attached hydrogens (tertiary/aromatic N) is 1. The quantitative estimate of drug-likeness (QED) is 0.514. The molecule has 4 rings (SSSR count). The first kappa shape index (κ1) is 24.9. The highest BCUT2D eigenvalue weighted by atomic mass is 16.5. The maximum absolute atomic E-state index is 13.5. The van der Waals surface area contributed by atoms with Gasteiger partial charge in [-0.2, -0.15) is 0 Å². The minimum absolute atomic E-state index is 0.322. The summed E-state index contributed by atoms with van der Waals surface area (Å²) in [5.74, 6) is 1.57. The molecule has 2 N–H and O–H groups in total. The lowest BCUT2D eigenvalue weighted by Crippen LogP contribution is -2.51. The number of rotatable bonds is 7. The fourth-order valence-electron chi connectivity index (χ4n) is 4.44. The summed E-state index contributed by atoms with van der Waals surface area (Å²) in [7, 11) is 4.77. The summed E-state index contributed by atoms with van der Waals surface area (Å²) in [5.41, 5.74) is 3.62. The first-order chi connectivity index (χ1) is 17.4. The van der Waals surface area contributed by atoms with Gasteiger partial charge in [-0.3, -0.25) is 4.79 Å². The van der Waals surface area contributed by atoms with Crippen LogP contribution in [-0.4, -0.2) is 50.8 Å². The molecule has 0 radical (unpaired) electrons. The van der Waals surface area contributed by atoms with Gasteiger partial charge in [-0.1, -0.05) is 36.4 Å². The zero-order valence-corrected chi connectivity index (χ0v) is 20.9. The van der Waals surface area contributed by atoms with E-state index in [0.29, 0.717) is 35.9 Å². The van der Waals surface area contributed by atoms with Crippen molar-refractivity contribution in [3.05, 3.63) is 83.4 Å². The number of anilines is 1. The summed E-state index contributed by atoms with van der Waals surface area (Å²) in [6, 6.07) is 19.4. The SMILES string of the molecule is COc1cccc(NC(=O)[C@H](C)NC(=O)N2CCc3cc(OC)c(OC)cc3C2c2ccccc2)c1. The van der Waals surface area contributed by atoms with Gasteiger partial charge in [0.2, 0.25) is 5.91 Å². The number of benzene rings is 3. The Bertz CT molecular complexity index is 1230. The molecule has 36 heavy (non-hydrogen) atoms. The van der Waals surface area contributed by atoms with E-state index in [0.717, 1.165) is 16.7 Å². The number of fused-ring (bicyclic) bond motifs is 1. The number of hydrogen-bond acceptors (Lipinski definition) is 5. The number of hydrogen-bond donors (Lipinski definition) is 2. The molecular formula is C28H31N3O5. The number of carbonyl (C=O) groups excluding carboxylic acids is 2. The van der Waals surface area contributed by atoms with Crippen molar-refractivity contribution in [3.8, 4) is 17.2 Å². The van der Waals surface area contributed by atoms with Crippen molar-refractivity contribution >= 4 is 17.6 Å². The Morgan fingerprint density at radius 2 is 1.64 bits per heavy atom. The Kier molecular flexibility index (Phi) is 7.63. The van der Waals surface area contributed by atoms with E-state index in [1.807, 2.05) is 42.5 Å². The lowest BCUT2D eigenvalue weighted by molar-refractivity contribution is -0.117. The van der Waals surface area contributed by atoms with E-state index in [1.54, 1.807) is 57.4 Å². The summed E-state index contributed by atoms with van der Waals surface area (Å²) in [6.07, 6.45) is 0.650. The third kappa shape index (κ3) is 5.22. The summed E-state index contributed by atoms with van der Waals surface area (Å²) in [5, 5.41) is 5.70. The first-order valence-electron chi connectivity index (χ1n) is 11.8. The molecule has 1 heterocycles. The van der Waals surface area contributed by atoms with Crippen LogP contribution >= 0.6 is 0 Å². The molecule has 3 amide bonds. The molecule has 1 unspecified atom stereocenters. The van der Waals surface area contributed by atoms with E-state index < -0.39 is 6.04 Å². The fourth-order valence-corrected chi connectivity index (χ4v) is 4.44. The molecular weight excluding hydrogens is 458 g/mol. The highest BCUT2D eigenvalue weighted by Gasteiger charge is 2.34. The molecule has 3 aromatic rings. The van der Waals surface area contributed by atoms with Gasteiger partial charge in [-0.05, 0) is 54.3 Å². The van der Waals surface area contributed by atoms with Crippen LogP contribution in [0.4, 0.5) is 10.5 Å². The van der Waals surface area contributed by atoms with Crippen LogP contribution in [0.1, 0.15) is 29.7 Å². The summed E-state index contributed by atoms with van der Waals surface area (Å²) >= 11 is 0. The minimum Gasteiger partial charge on any atom is -0.497 e. The van der Waals surface area contributed by atoms with E-state index in [4.69, 9.17) is 14.2 Å². The summed E-state index contributed by atoms with van der Waals surface area (Å²) in [4.78, 5) is 28.1. The van der Waals surface area contributed by atoms with Crippen molar-refractivity contribution in [1.29, 1.82) is 0 Å². The van der Waals surface area contributed by atoms with Gasteiger partial charge in [0.25, 0.3) is 0 Å². The smallest absolute Gasteiger partial charge is 0.318 e. The number of nitrogens with one attached hydrogen (secondary N) is 2. The topological polar surface area (TPSA) is 89.1 Å². The van der Waals surface area contributed by atoms with Gasteiger partial charge in [0.05, 0.1) is 27.4 Å². The molecule has 8 heteroatoms. The molecule has 0 aromatic heterocycles. The van der Waals surface area contributed by atoms with Crippen molar-refractivity contribution in [2.24, 2.45) is 0 Å². The molecule has 188 valence electrons. The molecule has 0 aliphatic carbocycles. The molecule has 1 aliphatic heterocycles.